The summed E-state index contributed by atoms with van der Waals surface area (Å²) in [5.74, 6) is 0.634. The molecule has 1 aliphatic heterocycles. The monoisotopic (exact) mass is 283 g/mol. The molecule has 2 unspecified atom stereocenters. The van der Waals surface area contributed by atoms with Crippen molar-refractivity contribution in [2.45, 2.75) is 31.0 Å². The molecule has 1 aromatic heterocycles. The quantitative estimate of drug-likeness (QED) is 0.796. The predicted octanol–water partition coefficient (Wildman–Crippen LogP) is 3.12. The third-order valence-electron chi connectivity index (χ3n) is 3.21. The number of aromatic nitrogens is 1. The molecular weight excluding hydrogens is 266 g/mol. The van der Waals surface area contributed by atoms with E-state index in [0.29, 0.717) is 10.7 Å². The van der Waals surface area contributed by atoms with Gasteiger partial charge in [-0.3, -0.25) is 4.98 Å². The maximum absolute atomic E-state index is 5.52. The Kier molecular flexibility index (Phi) is 4.36. The van der Waals surface area contributed by atoms with Crippen LogP contribution < -0.4 is 0 Å². The lowest BCUT2D eigenvalue weighted by atomic mass is 9.95. The third kappa shape index (κ3) is 3.05. The Balaban J connectivity index is 1.96. The number of alkyl halides is 1. The number of ether oxygens (including phenoxy) is 1. The second-order valence-electron chi connectivity index (χ2n) is 4.46. The summed E-state index contributed by atoms with van der Waals surface area (Å²) in [5.41, 5.74) is 2.48. The van der Waals surface area contributed by atoms with Gasteiger partial charge in [-0.05, 0) is 37.3 Å². The SMILES string of the molecule is Cc1cccnc1CC(Br)C1CCCOC1. The van der Waals surface area contributed by atoms with Gasteiger partial charge in [0, 0.05) is 29.7 Å². The lowest BCUT2D eigenvalue weighted by Gasteiger charge is -2.26. The Labute approximate surface area is 106 Å². The molecule has 2 atom stereocenters. The Morgan fingerprint density at radius 1 is 1.62 bits per heavy atom. The largest absolute Gasteiger partial charge is 0.381 e. The van der Waals surface area contributed by atoms with Gasteiger partial charge in [0.15, 0.2) is 0 Å². The zero-order valence-electron chi connectivity index (χ0n) is 9.66. The first-order valence-electron chi connectivity index (χ1n) is 5.89. The number of pyridine rings is 1. The normalized spacial score (nSPS) is 23.0. The first-order valence-corrected chi connectivity index (χ1v) is 6.81. The molecule has 88 valence electrons. The highest BCUT2D eigenvalue weighted by Crippen LogP contribution is 2.25. The van der Waals surface area contributed by atoms with E-state index in [2.05, 4.69) is 33.9 Å². The van der Waals surface area contributed by atoms with Crippen LogP contribution in [0.5, 0.6) is 0 Å². The molecule has 3 heteroatoms. The van der Waals surface area contributed by atoms with Gasteiger partial charge in [0.25, 0.3) is 0 Å². The van der Waals surface area contributed by atoms with Gasteiger partial charge in [-0.1, -0.05) is 22.0 Å². The Bertz CT molecular complexity index is 336. The highest BCUT2D eigenvalue weighted by atomic mass is 79.9. The maximum Gasteiger partial charge on any atom is 0.0505 e. The fraction of sp³-hybridized carbons (Fsp3) is 0.615. The van der Waals surface area contributed by atoms with Crippen molar-refractivity contribution in [3.8, 4) is 0 Å². The van der Waals surface area contributed by atoms with Crippen LogP contribution in [0.15, 0.2) is 18.3 Å². The highest BCUT2D eigenvalue weighted by Gasteiger charge is 2.22. The van der Waals surface area contributed by atoms with Crippen LogP contribution in [0.25, 0.3) is 0 Å². The molecule has 1 fully saturated rings. The van der Waals surface area contributed by atoms with Crippen LogP contribution >= 0.6 is 15.9 Å². The van der Waals surface area contributed by atoms with Crippen molar-refractivity contribution in [3.63, 3.8) is 0 Å². The molecule has 0 saturated carbocycles. The van der Waals surface area contributed by atoms with Crippen LogP contribution in [0.4, 0.5) is 0 Å². The van der Waals surface area contributed by atoms with Crippen LogP contribution in [0, 0.1) is 12.8 Å². The van der Waals surface area contributed by atoms with Crippen LogP contribution in [-0.4, -0.2) is 23.0 Å². The number of hydrogen-bond donors (Lipinski definition) is 0. The average molecular weight is 284 g/mol. The topological polar surface area (TPSA) is 22.1 Å². The van der Waals surface area contributed by atoms with Gasteiger partial charge in [0.05, 0.1) is 6.61 Å². The molecule has 1 saturated heterocycles. The third-order valence-corrected chi connectivity index (χ3v) is 4.28. The standard InChI is InChI=1S/C13H18BrNO/c1-10-4-2-6-15-13(10)8-12(14)11-5-3-7-16-9-11/h2,4,6,11-12H,3,5,7-9H2,1H3. The summed E-state index contributed by atoms with van der Waals surface area (Å²) in [4.78, 5) is 4.93. The van der Waals surface area contributed by atoms with Crippen molar-refractivity contribution in [1.29, 1.82) is 0 Å². The summed E-state index contributed by atoms with van der Waals surface area (Å²) in [6, 6.07) is 4.12. The molecular formula is C13H18BrNO. The van der Waals surface area contributed by atoms with Crippen molar-refractivity contribution in [2.24, 2.45) is 5.92 Å². The van der Waals surface area contributed by atoms with Crippen molar-refractivity contribution >= 4 is 15.9 Å². The summed E-state index contributed by atoms with van der Waals surface area (Å²) in [5, 5.41) is 0. The average Bonchev–Trinajstić information content (AvgIpc) is 2.33. The van der Waals surface area contributed by atoms with Gasteiger partial charge in [-0.15, -0.1) is 0 Å². The van der Waals surface area contributed by atoms with E-state index in [1.54, 1.807) is 0 Å². The van der Waals surface area contributed by atoms with Crippen LogP contribution in [0.1, 0.15) is 24.1 Å². The van der Waals surface area contributed by atoms with E-state index in [4.69, 9.17) is 4.74 Å². The van der Waals surface area contributed by atoms with Crippen LogP contribution in [-0.2, 0) is 11.2 Å². The molecule has 2 rings (SSSR count). The van der Waals surface area contributed by atoms with E-state index < -0.39 is 0 Å². The minimum atomic E-state index is 0.487. The molecule has 0 aromatic carbocycles. The number of nitrogens with zero attached hydrogens (tertiary/aromatic N) is 1. The van der Waals surface area contributed by atoms with E-state index in [-0.39, 0.29) is 0 Å². The molecule has 1 aromatic rings. The molecule has 0 spiro atoms. The molecule has 0 radical (unpaired) electrons. The van der Waals surface area contributed by atoms with E-state index in [0.717, 1.165) is 19.6 Å². The molecule has 0 aliphatic carbocycles. The van der Waals surface area contributed by atoms with Gasteiger partial charge >= 0.3 is 0 Å². The molecule has 0 bridgehead atoms. The van der Waals surface area contributed by atoms with Crippen molar-refractivity contribution < 1.29 is 4.74 Å². The number of halogens is 1. The van der Waals surface area contributed by atoms with Gasteiger partial charge in [-0.25, -0.2) is 0 Å². The molecule has 1 aliphatic rings. The van der Waals surface area contributed by atoms with E-state index in [1.807, 2.05) is 12.3 Å². The summed E-state index contributed by atoms with van der Waals surface area (Å²) in [6.45, 7) is 3.94. The first kappa shape index (κ1) is 12.1. The summed E-state index contributed by atoms with van der Waals surface area (Å²) in [7, 11) is 0. The zero-order valence-corrected chi connectivity index (χ0v) is 11.2. The van der Waals surface area contributed by atoms with Gasteiger partial charge in [0.1, 0.15) is 0 Å². The fourth-order valence-corrected chi connectivity index (χ4v) is 2.86. The lowest BCUT2D eigenvalue weighted by Crippen LogP contribution is -2.27. The predicted molar refractivity (Wildman–Crippen MR) is 68.9 cm³/mol. The molecule has 2 heterocycles. The zero-order chi connectivity index (χ0) is 11.4. The maximum atomic E-state index is 5.52. The first-order chi connectivity index (χ1) is 7.77. The lowest BCUT2D eigenvalue weighted by molar-refractivity contribution is 0.0546. The molecule has 0 amide bonds. The van der Waals surface area contributed by atoms with Crippen molar-refractivity contribution in [1.82, 2.24) is 4.98 Å². The van der Waals surface area contributed by atoms with Crippen LogP contribution in [0.3, 0.4) is 0 Å². The summed E-state index contributed by atoms with van der Waals surface area (Å²) < 4.78 is 5.52. The number of hydrogen-bond acceptors (Lipinski definition) is 2. The Morgan fingerprint density at radius 3 is 3.19 bits per heavy atom. The second-order valence-corrected chi connectivity index (χ2v) is 5.64. The molecule has 2 nitrogen and oxygen atoms in total. The fourth-order valence-electron chi connectivity index (χ4n) is 2.13. The van der Waals surface area contributed by atoms with E-state index in [9.17, 15) is 0 Å². The van der Waals surface area contributed by atoms with Crippen molar-refractivity contribution in [3.05, 3.63) is 29.6 Å². The Morgan fingerprint density at radius 2 is 2.50 bits per heavy atom. The van der Waals surface area contributed by atoms with Gasteiger partial charge in [-0.2, -0.15) is 0 Å². The minimum absolute atomic E-state index is 0.487. The number of rotatable bonds is 3. The van der Waals surface area contributed by atoms with Gasteiger partial charge in [0.2, 0.25) is 0 Å². The second kappa shape index (κ2) is 5.78. The molecule has 0 N–H and O–H groups in total. The van der Waals surface area contributed by atoms with Gasteiger partial charge < -0.3 is 4.74 Å². The van der Waals surface area contributed by atoms with E-state index >= 15 is 0 Å². The van der Waals surface area contributed by atoms with Crippen molar-refractivity contribution in [2.75, 3.05) is 13.2 Å². The van der Waals surface area contributed by atoms with E-state index in [1.165, 1.54) is 24.1 Å². The Hall–Kier alpha value is -0.410. The molecule has 16 heavy (non-hydrogen) atoms. The van der Waals surface area contributed by atoms with Crippen LogP contribution in [0.2, 0.25) is 0 Å². The summed E-state index contributed by atoms with van der Waals surface area (Å²) in [6.07, 6.45) is 5.33. The summed E-state index contributed by atoms with van der Waals surface area (Å²) >= 11 is 3.79. The highest BCUT2D eigenvalue weighted by molar-refractivity contribution is 9.09. The smallest absolute Gasteiger partial charge is 0.0505 e. The number of aryl methyl sites for hydroxylation is 1. The minimum Gasteiger partial charge on any atom is -0.381 e.